The van der Waals surface area contributed by atoms with Crippen LogP contribution in [0.15, 0.2) is 48.5 Å². The van der Waals surface area contributed by atoms with Crippen LogP contribution in [-0.4, -0.2) is 13.1 Å². The van der Waals surface area contributed by atoms with E-state index >= 15 is 0 Å². The monoisotopic (exact) mass is 266 g/mol. The molecule has 2 nitrogen and oxygen atoms in total. The molecular weight excluding hydrogens is 244 g/mol. The Morgan fingerprint density at radius 2 is 1.85 bits per heavy atom. The van der Waals surface area contributed by atoms with Gasteiger partial charge in [-0.3, -0.25) is 0 Å². The van der Waals surface area contributed by atoms with Crippen molar-refractivity contribution in [2.24, 2.45) is 0 Å². The fourth-order valence-corrected chi connectivity index (χ4v) is 3.20. The number of hydrogen-bond acceptors (Lipinski definition) is 2. The van der Waals surface area contributed by atoms with Crippen molar-refractivity contribution >= 4 is 5.69 Å². The van der Waals surface area contributed by atoms with Gasteiger partial charge >= 0.3 is 0 Å². The SMILES string of the molecule is CCN(c1ccccc1C)C1CNCc2ccccc21. The minimum Gasteiger partial charge on any atom is -0.363 e. The maximum absolute atomic E-state index is 3.55. The summed E-state index contributed by atoms with van der Waals surface area (Å²) >= 11 is 0. The van der Waals surface area contributed by atoms with Crippen molar-refractivity contribution in [3.8, 4) is 0 Å². The van der Waals surface area contributed by atoms with Crippen LogP contribution in [0.1, 0.15) is 29.7 Å². The molecule has 20 heavy (non-hydrogen) atoms. The van der Waals surface area contributed by atoms with Gasteiger partial charge in [0.25, 0.3) is 0 Å². The van der Waals surface area contributed by atoms with Gasteiger partial charge in [0.05, 0.1) is 6.04 Å². The summed E-state index contributed by atoms with van der Waals surface area (Å²) in [5.74, 6) is 0. The molecule has 104 valence electrons. The molecule has 0 aromatic heterocycles. The van der Waals surface area contributed by atoms with Crippen LogP contribution in [0, 0.1) is 6.92 Å². The zero-order chi connectivity index (χ0) is 13.9. The summed E-state index contributed by atoms with van der Waals surface area (Å²) in [6.07, 6.45) is 0. The summed E-state index contributed by atoms with van der Waals surface area (Å²) in [5, 5.41) is 3.55. The van der Waals surface area contributed by atoms with E-state index in [9.17, 15) is 0 Å². The highest BCUT2D eigenvalue weighted by Crippen LogP contribution is 2.32. The average molecular weight is 266 g/mol. The quantitative estimate of drug-likeness (QED) is 0.912. The number of fused-ring (bicyclic) bond motifs is 1. The first-order valence-electron chi connectivity index (χ1n) is 7.42. The Morgan fingerprint density at radius 1 is 1.10 bits per heavy atom. The predicted octanol–water partition coefficient (Wildman–Crippen LogP) is 3.67. The van der Waals surface area contributed by atoms with E-state index < -0.39 is 0 Å². The van der Waals surface area contributed by atoms with Crippen LogP contribution in [0.3, 0.4) is 0 Å². The molecule has 0 saturated heterocycles. The van der Waals surface area contributed by atoms with Gasteiger partial charge in [-0.05, 0) is 36.6 Å². The van der Waals surface area contributed by atoms with Crippen molar-refractivity contribution in [3.05, 3.63) is 65.2 Å². The first-order chi connectivity index (χ1) is 9.81. The van der Waals surface area contributed by atoms with Gasteiger partial charge in [0.2, 0.25) is 0 Å². The molecule has 1 aliphatic heterocycles. The third kappa shape index (κ3) is 2.32. The highest BCUT2D eigenvalue weighted by atomic mass is 15.2. The third-order valence-electron chi connectivity index (χ3n) is 4.21. The lowest BCUT2D eigenvalue weighted by Gasteiger charge is -2.38. The molecule has 0 spiro atoms. The van der Waals surface area contributed by atoms with E-state index in [4.69, 9.17) is 0 Å². The number of nitrogens with one attached hydrogen (secondary N) is 1. The number of para-hydroxylation sites is 1. The summed E-state index contributed by atoms with van der Waals surface area (Å²) < 4.78 is 0. The summed E-state index contributed by atoms with van der Waals surface area (Å²) in [4.78, 5) is 2.51. The van der Waals surface area contributed by atoms with E-state index in [0.29, 0.717) is 6.04 Å². The zero-order valence-electron chi connectivity index (χ0n) is 12.3. The normalized spacial score (nSPS) is 17.6. The van der Waals surface area contributed by atoms with Crippen LogP contribution in [0.2, 0.25) is 0 Å². The molecule has 0 saturated carbocycles. The summed E-state index contributed by atoms with van der Waals surface area (Å²) in [6, 6.07) is 17.9. The average Bonchev–Trinajstić information content (AvgIpc) is 2.50. The third-order valence-corrected chi connectivity index (χ3v) is 4.21. The van der Waals surface area contributed by atoms with E-state index in [1.165, 1.54) is 22.4 Å². The molecule has 0 amide bonds. The van der Waals surface area contributed by atoms with E-state index in [1.807, 2.05) is 0 Å². The van der Waals surface area contributed by atoms with Crippen LogP contribution < -0.4 is 10.2 Å². The molecule has 2 aromatic carbocycles. The molecule has 1 atom stereocenters. The smallest absolute Gasteiger partial charge is 0.0670 e. The number of benzene rings is 2. The molecule has 1 aliphatic rings. The Bertz CT molecular complexity index is 591. The van der Waals surface area contributed by atoms with Crippen LogP contribution >= 0.6 is 0 Å². The lowest BCUT2D eigenvalue weighted by molar-refractivity contribution is 0.519. The maximum atomic E-state index is 3.55. The first-order valence-corrected chi connectivity index (χ1v) is 7.42. The number of aryl methyl sites for hydroxylation is 1. The van der Waals surface area contributed by atoms with E-state index in [1.54, 1.807) is 0 Å². The maximum Gasteiger partial charge on any atom is 0.0670 e. The van der Waals surface area contributed by atoms with Gasteiger partial charge < -0.3 is 10.2 Å². The standard InChI is InChI=1S/C18H22N2/c1-3-20(17-11-7-4-8-14(17)2)18-13-19-12-15-9-5-6-10-16(15)18/h4-11,18-19H,3,12-13H2,1-2H3. The van der Waals surface area contributed by atoms with E-state index in [0.717, 1.165) is 19.6 Å². The van der Waals surface area contributed by atoms with Gasteiger partial charge in [-0.15, -0.1) is 0 Å². The van der Waals surface area contributed by atoms with Crippen LogP contribution in [-0.2, 0) is 6.54 Å². The van der Waals surface area contributed by atoms with Gasteiger partial charge in [-0.1, -0.05) is 42.5 Å². The number of rotatable bonds is 3. The molecule has 1 heterocycles. The van der Waals surface area contributed by atoms with Crippen molar-refractivity contribution in [2.45, 2.75) is 26.4 Å². The van der Waals surface area contributed by atoms with Crippen molar-refractivity contribution in [3.63, 3.8) is 0 Å². The molecule has 1 N–H and O–H groups in total. The van der Waals surface area contributed by atoms with Gasteiger partial charge in [-0.2, -0.15) is 0 Å². The molecule has 0 aliphatic carbocycles. The summed E-state index contributed by atoms with van der Waals surface area (Å²) in [5.41, 5.74) is 5.59. The van der Waals surface area contributed by atoms with Crippen LogP contribution in [0.25, 0.3) is 0 Å². The molecule has 1 unspecified atom stereocenters. The van der Waals surface area contributed by atoms with Gasteiger partial charge in [0.1, 0.15) is 0 Å². The number of nitrogens with zero attached hydrogens (tertiary/aromatic N) is 1. The van der Waals surface area contributed by atoms with Crippen LogP contribution in [0.4, 0.5) is 5.69 Å². The fourth-order valence-electron chi connectivity index (χ4n) is 3.20. The van der Waals surface area contributed by atoms with Crippen LogP contribution in [0.5, 0.6) is 0 Å². The molecule has 0 fully saturated rings. The molecule has 2 aromatic rings. The molecular formula is C18H22N2. The minimum absolute atomic E-state index is 0.422. The highest BCUT2D eigenvalue weighted by molar-refractivity contribution is 5.55. The number of likely N-dealkylation sites (N-methyl/N-ethyl adjacent to an activating group) is 1. The van der Waals surface area contributed by atoms with Crippen molar-refractivity contribution in [1.29, 1.82) is 0 Å². The van der Waals surface area contributed by atoms with Crippen molar-refractivity contribution < 1.29 is 0 Å². The van der Waals surface area contributed by atoms with Crippen molar-refractivity contribution in [1.82, 2.24) is 5.32 Å². The second-order valence-corrected chi connectivity index (χ2v) is 5.42. The molecule has 2 heteroatoms. The van der Waals surface area contributed by atoms with Gasteiger partial charge in [0, 0.05) is 25.3 Å². The van der Waals surface area contributed by atoms with Gasteiger partial charge in [-0.25, -0.2) is 0 Å². The second kappa shape index (κ2) is 5.68. The largest absolute Gasteiger partial charge is 0.363 e. The predicted molar refractivity (Wildman–Crippen MR) is 85.1 cm³/mol. The first kappa shape index (κ1) is 13.2. The Kier molecular flexibility index (Phi) is 3.75. The Balaban J connectivity index is 2.01. The second-order valence-electron chi connectivity index (χ2n) is 5.42. The highest BCUT2D eigenvalue weighted by Gasteiger charge is 2.25. The Labute approximate surface area is 121 Å². The van der Waals surface area contributed by atoms with E-state index in [-0.39, 0.29) is 0 Å². The lowest BCUT2D eigenvalue weighted by Crippen LogP contribution is -2.40. The number of hydrogen-bond donors (Lipinski definition) is 1. The Morgan fingerprint density at radius 3 is 2.65 bits per heavy atom. The minimum atomic E-state index is 0.422. The molecule has 0 radical (unpaired) electrons. The number of anilines is 1. The van der Waals surface area contributed by atoms with E-state index in [2.05, 4.69) is 72.6 Å². The topological polar surface area (TPSA) is 15.3 Å². The zero-order valence-corrected chi connectivity index (χ0v) is 12.3. The molecule has 0 bridgehead atoms. The lowest BCUT2D eigenvalue weighted by atomic mass is 9.94. The fraction of sp³-hybridized carbons (Fsp3) is 0.333. The summed E-state index contributed by atoms with van der Waals surface area (Å²) in [7, 11) is 0. The summed E-state index contributed by atoms with van der Waals surface area (Å²) in [6.45, 7) is 7.45. The van der Waals surface area contributed by atoms with Crippen molar-refractivity contribution in [2.75, 3.05) is 18.0 Å². The molecule has 3 rings (SSSR count). The van der Waals surface area contributed by atoms with Gasteiger partial charge in [0.15, 0.2) is 0 Å². The Hall–Kier alpha value is -1.80.